The number of hydrogen-bond acceptors (Lipinski definition) is 0. The van der Waals surface area contributed by atoms with Gasteiger partial charge in [-0.3, -0.25) is 0 Å². The molecule has 0 unspecified atom stereocenters. The Morgan fingerprint density at radius 3 is 2.33 bits per heavy atom. The van der Waals surface area contributed by atoms with Gasteiger partial charge in [0.15, 0.2) is 0 Å². The molecular weight excluding hydrogens is 180 g/mol. The summed E-state index contributed by atoms with van der Waals surface area (Å²) in [5.41, 5.74) is 3.87. The largest absolute Gasteiger partial charge is 0.0620 e. The van der Waals surface area contributed by atoms with E-state index < -0.39 is 0 Å². The lowest BCUT2D eigenvalue weighted by Crippen LogP contribution is -2.19. The van der Waals surface area contributed by atoms with Gasteiger partial charge in [-0.1, -0.05) is 58.9 Å². The second kappa shape index (κ2) is 3.10. The number of benzene rings is 1. The molecule has 0 nitrogen and oxygen atoms in total. The van der Waals surface area contributed by atoms with Gasteiger partial charge in [-0.05, 0) is 34.3 Å². The Hall–Kier alpha value is -0.780. The van der Waals surface area contributed by atoms with E-state index in [0.717, 1.165) is 0 Å². The van der Waals surface area contributed by atoms with Crippen molar-refractivity contribution >= 4 is 0 Å². The minimum Gasteiger partial charge on any atom is -0.0620 e. The van der Waals surface area contributed by atoms with E-state index in [1.165, 1.54) is 6.42 Å². The lowest BCUT2D eigenvalue weighted by Gasteiger charge is -2.29. The van der Waals surface area contributed by atoms with E-state index in [2.05, 4.69) is 58.9 Å². The van der Waals surface area contributed by atoms with Gasteiger partial charge in [0.05, 0.1) is 0 Å². The van der Waals surface area contributed by atoms with Crippen molar-refractivity contribution in [2.45, 2.75) is 52.4 Å². The lowest BCUT2D eigenvalue weighted by atomic mass is 9.75. The topological polar surface area (TPSA) is 0 Å². The Kier molecular flexibility index (Phi) is 2.22. The van der Waals surface area contributed by atoms with Gasteiger partial charge in [-0.2, -0.15) is 0 Å². The van der Waals surface area contributed by atoms with E-state index in [9.17, 15) is 0 Å². The Morgan fingerprint density at radius 1 is 1.13 bits per heavy atom. The van der Waals surface area contributed by atoms with E-state index in [-0.39, 0.29) is 0 Å². The number of hydrogen-bond donors (Lipinski definition) is 0. The molecule has 0 spiro atoms. The van der Waals surface area contributed by atoms with Crippen LogP contribution in [-0.2, 0) is 5.41 Å². The van der Waals surface area contributed by atoms with E-state index in [1.54, 1.807) is 11.1 Å². The molecule has 0 N–H and O–H groups in total. The van der Waals surface area contributed by atoms with Gasteiger partial charge in [0, 0.05) is 0 Å². The average Bonchev–Trinajstić information content (AvgIpc) is 2.39. The van der Waals surface area contributed by atoms with Crippen LogP contribution in [0.1, 0.15) is 58.1 Å². The van der Waals surface area contributed by atoms with Gasteiger partial charge in [-0.25, -0.2) is 0 Å². The maximum Gasteiger partial charge on any atom is -0.00947 e. The van der Waals surface area contributed by atoms with Gasteiger partial charge in [0.1, 0.15) is 0 Å². The summed E-state index contributed by atoms with van der Waals surface area (Å²) in [4.78, 5) is 0. The van der Waals surface area contributed by atoms with Crippen LogP contribution < -0.4 is 0 Å². The Bertz CT molecular complexity index is 366. The van der Waals surface area contributed by atoms with Crippen molar-refractivity contribution in [2.75, 3.05) is 0 Å². The highest BCUT2D eigenvalue weighted by Crippen LogP contribution is 2.52. The van der Waals surface area contributed by atoms with Gasteiger partial charge in [0.2, 0.25) is 0 Å². The minimum atomic E-state index is 0.356. The van der Waals surface area contributed by atoms with Crippen molar-refractivity contribution in [3.8, 4) is 0 Å². The zero-order valence-corrected chi connectivity index (χ0v) is 10.6. The molecule has 0 heterocycles. The highest BCUT2D eigenvalue weighted by molar-refractivity contribution is 5.42. The number of fused-ring (bicyclic) bond motifs is 1. The summed E-state index contributed by atoms with van der Waals surface area (Å²) in [6.07, 6.45) is 1.29. The molecule has 1 atom stereocenters. The van der Waals surface area contributed by atoms with Crippen LogP contribution in [0.3, 0.4) is 0 Å². The first-order chi connectivity index (χ1) is 6.82. The fourth-order valence-electron chi connectivity index (χ4n) is 2.92. The molecule has 0 bridgehead atoms. The van der Waals surface area contributed by atoms with Crippen LogP contribution in [0.4, 0.5) is 0 Å². The van der Waals surface area contributed by atoms with Crippen LogP contribution >= 0.6 is 0 Å². The van der Waals surface area contributed by atoms with Crippen LogP contribution in [0, 0.1) is 5.41 Å². The minimum absolute atomic E-state index is 0.356. The smallest absolute Gasteiger partial charge is 0.00947 e. The van der Waals surface area contributed by atoms with E-state index in [4.69, 9.17) is 0 Å². The van der Waals surface area contributed by atoms with Crippen LogP contribution in [0.2, 0.25) is 0 Å². The van der Waals surface area contributed by atoms with Gasteiger partial charge in [-0.15, -0.1) is 0 Å². The molecule has 15 heavy (non-hydrogen) atoms. The predicted molar refractivity (Wildman–Crippen MR) is 66.3 cm³/mol. The normalized spacial score (nSPS) is 23.9. The molecule has 0 saturated carbocycles. The molecule has 0 heteroatoms. The van der Waals surface area contributed by atoms with Crippen molar-refractivity contribution in [1.29, 1.82) is 0 Å². The van der Waals surface area contributed by atoms with E-state index >= 15 is 0 Å². The second-order valence-corrected chi connectivity index (χ2v) is 6.59. The van der Waals surface area contributed by atoms with Crippen molar-refractivity contribution in [2.24, 2.45) is 5.41 Å². The summed E-state index contributed by atoms with van der Waals surface area (Å²) < 4.78 is 0. The molecule has 1 aliphatic rings. The van der Waals surface area contributed by atoms with Gasteiger partial charge >= 0.3 is 0 Å². The molecule has 1 aromatic rings. The van der Waals surface area contributed by atoms with E-state index in [1.807, 2.05) is 0 Å². The number of rotatable bonds is 0. The summed E-state index contributed by atoms with van der Waals surface area (Å²) >= 11 is 0. The lowest BCUT2D eigenvalue weighted by molar-refractivity contribution is 0.289. The third-order valence-electron chi connectivity index (χ3n) is 3.83. The highest BCUT2D eigenvalue weighted by atomic mass is 14.4. The molecule has 1 aliphatic carbocycles. The SMILES string of the molecule is CC1(C)C[C@H](C(C)(C)C)c2ccccc21. The third kappa shape index (κ3) is 1.71. The highest BCUT2D eigenvalue weighted by Gasteiger charge is 2.41. The van der Waals surface area contributed by atoms with Crippen molar-refractivity contribution in [1.82, 2.24) is 0 Å². The van der Waals surface area contributed by atoms with Crippen LogP contribution in [0.15, 0.2) is 24.3 Å². The fraction of sp³-hybridized carbons (Fsp3) is 0.600. The molecule has 0 saturated heterocycles. The molecular formula is C15H22. The molecule has 82 valence electrons. The zero-order valence-electron chi connectivity index (χ0n) is 10.6. The zero-order chi connectivity index (χ0) is 11.3. The molecule has 0 radical (unpaired) electrons. The quantitative estimate of drug-likeness (QED) is 0.581. The average molecular weight is 202 g/mol. The van der Waals surface area contributed by atoms with Crippen LogP contribution in [0.5, 0.6) is 0 Å². The first kappa shape index (κ1) is 10.7. The summed E-state index contributed by atoms with van der Waals surface area (Å²) in [7, 11) is 0. The molecule has 0 fully saturated rings. The standard InChI is InChI=1S/C15H22/c1-14(2,3)13-10-15(4,5)12-9-7-6-8-11(12)13/h6-9,13H,10H2,1-5H3/t13-/m0/s1. The van der Waals surface area contributed by atoms with Crippen molar-refractivity contribution < 1.29 is 0 Å². The Labute approximate surface area is 93.7 Å². The van der Waals surface area contributed by atoms with Gasteiger partial charge in [0.25, 0.3) is 0 Å². The summed E-state index contributed by atoms with van der Waals surface area (Å²) in [5, 5.41) is 0. The summed E-state index contributed by atoms with van der Waals surface area (Å²) in [5.74, 6) is 0.712. The summed E-state index contributed by atoms with van der Waals surface area (Å²) in [6, 6.07) is 8.98. The maximum atomic E-state index is 2.37. The fourth-order valence-corrected chi connectivity index (χ4v) is 2.92. The van der Waals surface area contributed by atoms with Crippen LogP contribution in [0.25, 0.3) is 0 Å². The Balaban J connectivity index is 2.52. The molecule has 1 aromatic carbocycles. The third-order valence-corrected chi connectivity index (χ3v) is 3.83. The Morgan fingerprint density at radius 2 is 1.73 bits per heavy atom. The first-order valence-corrected chi connectivity index (χ1v) is 5.92. The second-order valence-electron chi connectivity index (χ2n) is 6.59. The van der Waals surface area contributed by atoms with Gasteiger partial charge < -0.3 is 0 Å². The molecule has 0 amide bonds. The van der Waals surface area contributed by atoms with Crippen molar-refractivity contribution in [3.05, 3.63) is 35.4 Å². The predicted octanol–water partition coefficient (Wildman–Crippen LogP) is 4.50. The summed E-state index contributed by atoms with van der Waals surface area (Å²) in [6.45, 7) is 11.8. The van der Waals surface area contributed by atoms with E-state index in [0.29, 0.717) is 16.7 Å². The molecule has 0 aromatic heterocycles. The molecule has 2 rings (SSSR count). The van der Waals surface area contributed by atoms with Crippen molar-refractivity contribution in [3.63, 3.8) is 0 Å². The molecule has 0 aliphatic heterocycles. The first-order valence-electron chi connectivity index (χ1n) is 5.92. The monoisotopic (exact) mass is 202 g/mol. The maximum absolute atomic E-state index is 2.37. The van der Waals surface area contributed by atoms with Crippen LogP contribution in [-0.4, -0.2) is 0 Å².